The van der Waals surface area contributed by atoms with Crippen LogP contribution in [0.4, 0.5) is 0 Å². The van der Waals surface area contributed by atoms with Crippen molar-refractivity contribution in [3.63, 3.8) is 0 Å². The van der Waals surface area contributed by atoms with Crippen molar-refractivity contribution in [1.82, 2.24) is 25.4 Å². The van der Waals surface area contributed by atoms with E-state index in [2.05, 4.69) is 64.7 Å². The lowest BCUT2D eigenvalue weighted by atomic mass is 10.1. The third-order valence-electron chi connectivity index (χ3n) is 4.77. The molecular weight excluding hydrogens is 376 g/mol. The number of aryl methyl sites for hydroxylation is 4. The Labute approximate surface area is 178 Å². The molecule has 0 saturated carbocycles. The summed E-state index contributed by atoms with van der Waals surface area (Å²) in [5.74, 6) is 1.49. The molecule has 0 aliphatic rings. The Hall–Kier alpha value is -3.09. The zero-order valence-electron chi connectivity index (χ0n) is 18.4. The molecular formula is C23H32N6O. The number of aromatic nitrogens is 3. The highest BCUT2D eigenvalue weighted by Crippen LogP contribution is 2.19. The lowest BCUT2D eigenvalue weighted by molar-refractivity contribution is 0.567. The van der Waals surface area contributed by atoms with Crippen LogP contribution >= 0.6 is 0 Å². The predicted molar refractivity (Wildman–Crippen MR) is 121 cm³/mol. The smallest absolute Gasteiger partial charge is 0.226 e. The molecule has 0 aliphatic heterocycles. The predicted octanol–water partition coefficient (Wildman–Crippen LogP) is 3.65. The van der Waals surface area contributed by atoms with Crippen LogP contribution in [0.25, 0.3) is 11.5 Å². The third-order valence-corrected chi connectivity index (χ3v) is 4.77. The van der Waals surface area contributed by atoms with Crippen molar-refractivity contribution in [3.05, 3.63) is 59.2 Å². The normalized spacial score (nSPS) is 11.7. The molecule has 2 heterocycles. The summed E-state index contributed by atoms with van der Waals surface area (Å²) in [7, 11) is 0. The van der Waals surface area contributed by atoms with Crippen LogP contribution in [-0.2, 0) is 13.0 Å². The van der Waals surface area contributed by atoms with Gasteiger partial charge in [0.1, 0.15) is 6.26 Å². The van der Waals surface area contributed by atoms with E-state index in [1.807, 2.05) is 23.7 Å². The number of hydrogen-bond donors (Lipinski definition) is 2. The van der Waals surface area contributed by atoms with E-state index in [1.54, 1.807) is 6.26 Å². The molecule has 0 amide bonds. The van der Waals surface area contributed by atoms with Crippen molar-refractivity contribution < 1.29 is 4.42 Å². The van der Waals surface area contributed by atoms with Crippen LogP contribution in [0.5, 0.6) is 0 Å². The van der Waals surface area contributed by atoms with Crippen molar-refractivity contribution in [2.24, 2.45) is 4.99 Å². The fourth-order valence-electron chi connectivity index (χ4n) is 3.21. The number of oxazole rings is 1. The monoisotopic (exact) mass is 408 g/mol. The summed E-state index contributed by atoms with van der Waals surface area (Å²) in [6.45, 7) is 11.4. The van der Waals surface area contributed by atoms with Crippen LogP contribution in [0, 0.1) is 20.8 Å². The molecule has 7 nitrogen and oxygen atoms in total. The number of benzene rings is 1. The molecule has 0 saturated heterocycles. The summed E-state index contributed by atoms with van der Waals surface area (Å²) in [6, 6.07) is 10.3. The zero-order valence-corrected chi connectivity index (χ0v) is 18.4. The standard InChI is InChI=1S/C23H32N6O/c1-5-24-23(25-12-6-14-29-19(4)15-18(3)28-29)26-13-11-21-16-30-22(27-21)20-9-7-17(2)8-10-20/h7-10,15-16H,5-6,11-14H2,1-4H3,(H2,24,25,26). The minimum atomic E-state index is 0.662. The van der Waals surface area contributed by atoms with Gasteiger partial charge in [0.25, 0.3) is 0 Å². The number of nitrogens with one attached hydrogen (secondary N) is 2. The molecule has 3 rings (SSSR count). The molecule has 2 N–H and O–H groups in total. The second kappa shape index (κ2) is 10.6. The van der Waals surface area contributed by atoms with Gasteiger partial charge in [0.05, 0.1) is 11.4 Å². The van der Waals surface area contributed by atoms with Gasteiger partial charge >= 0.3 is 0 Å². The summed E-state index contributed by atoms with van der Waals surface area (Å²) in [4.78, 5) is 9.26. The molecule has 0 fully saturated rings. The molecule has 7 heteroatoms. The highest BCUT2D eigenvalue weighted by Gasteiger charge is 2.07. The van der Waals surface area contributed by atoms with Crippen LogP contribution in [0.3, 0.4) is 0 Å². The van der Waals surface area contributed by atoms with Gasteiger partial charge in [-0.05, 0) is 52.3 Å². The van der Waals surface area contributed by atoms with Crippen molar-refractivity contribution in [2.45, 2.75) is 47.1 Å². The number of aliphatic imine (C=N–C) groups is 1. The maximum absolute atomic E-state index is 5.64. The Morgan fingerprint density at radius 2 is 1.93 bits per heavy atom. The number of nitrogens with zero attached hydrogens (tertiary/aromatic N) is 4. The van der Waals surface area contributed by atoms with E-state index in [4.69, 9.17) is 4.42 Å². The first kappa shape index (κ1) is 21.6. The van der Waals surface area contributed by atoms with Crippen molar-refractivity contribution >= 4 is 5.96 Å². The number of hydrogen-bond acceptors (Lipinski definition) is 4. The minimum absolute atomic E-state index is 0.662. The lowest BCUT2D eigenvalue weighted by Crippen LogP contribution is -2.38. The second-order valence-electron chi connectivity index (χ2n) is 7.45. The highest BCUT2D eigenvalue weighted by atomic mass is 16.3. The summed E-state index contributed by atoms with van der Waals surface area (Å²) in [6.07, 6.45) is 3.45. The Balaban J connectivity index is 1.45. The van der Waals surface area contributed by atoms with Gasteiger partial charge in [-0.25, -0.2) is 4.98 Å². The van der Waals surface area contributed by atoms with E-state index in [9.17, 15) is 0 Å². The average Bonchev–Trinajstić information content (AvgIpc) is 3.31. The molecule has 0 spiro atoms. The van der Waals surface area contributed by atoms with Crippen LogP contribution in [0.2, 0.25) is 0 Å². The summed E-state index contributed by atoms with van der Waals surface area (Å²) < 4.78 is 7.68. The Kier molecular flexibility index (Phi) is 7.65. The Bertz CT molecular complexity index is 954. The first-order valence-electron chi connectivity index (χ1n) is 10.6. The lowest BCUT2D eigenvalue weighted by Gasteiger charge is -2.10. The first-order chi connectivity index (χ1) is 14.5. The van der Waals surface area contributed by atoms with Gasteiger partial charge in [-0.15, -0.1) is 0 Å². The highest BCUT2D eigenvalue weighted by molar-refractivity contribution is 5.79. The molecule has 30 heavy (non-hydrogen) atoms. The van der Waals surface area contributed by atoms with Gasteiger partial charge in [-0.1, -0.05) is 17.7 Å². The van der Waals surface area contributed by atoms with Crippen LogP contribution in [0.1, 0.15) is 36.0 Å². The molecule has 0 atom stereocenters. The van der Waals surface area contributed by atoms with Crippen LogP contribution in [-0.4, -0.2) is 40.4 Å². The molecule has 0 unspecified atom stereocenters. The second-order valence-corrected chi connectivity index (χ2v) is 7.45. The van der Waals surface area contributed by atoms with Gasteiger partial charge in [-0.2, -0.15) is 5.10 Å². The van der Waals surface area contributed by atoms with Crippen LogP contribution in [0.15, 0.2) is 46.0 Å². The topological polar surface area (TPSA) is 80.3 Å². The SMILES string of the molecule is CCNC(=NCCCn1nc(C)cc1C)NCCc1coc(-c2ccc(C)cc2)n1. The van der Waals surface area contributed by atoms with Crippen molar-refractivity contribution in [3.8, 4) is 11.5 Å². The molecule has 1 aromatic carbocycles. The number of guanidine groups is 1. The van der Waals surface area contributed by atoms with Crippen LogP contribution < -0.4 is 10.6 Å². The van der Waals surface area contributed by atoms with Gasteiger partial charge in [0, 0.05) is 43.9 Å². The first-order valence-corrected chi connectivity index (χ1v) is 10.6. The summed E-state index contributed by atoms with van der Waals surface area (Å²) in [5, 5.41) is 11.2. The van der Waals surface area contributed by atoms with E-state index in [-0.39, 0.29) is 0 Å². The molecule has 160 valence electrons. The van der Waals surface area contributed by atoms with E-state index < -0.39 is 0 Å². The Morgan fingerprint density at radius 3 is 2.63 bits per heavy atom. The largest absolute Gasteiger partial charge is 0.444 e. The quantitative estimate of drug-likeness (QED) is 0.321. The fraction of sp³-hybridized carbons (Fsp3) is 0.435. The van der Waals surface area contributed by atoms with Crippen molar-refractivity contribution in [1.29, 1.82) is 0 Å². The molecule has 0 radical (unpaired) electrons. The third kappa shape index (κ3) is 6.20. The minimum Gasteiger partial charge on any atom is -0.444 e. The van der Waals surface area contributed by atoms with Gasteiger partial charge in [-0.3, -0.25) is 9.67 Å². The van der Waals surface area contributed by atoms with Gasteiger partial charge in [0.15, 0.2) is 5.96 Å². The number of rotatable bonds is 9. The zero-order chi connectivity index (χ0) is 21.3. The molecule has 2 aromatic heterocycles. The fourth-order valence-corrected chi connectivity index (χ4v) is 3.21. The van der Waals surface area contributed by atoms with Gasteiger partial charge in [0.2, 0.25) is 5.89 Å². The maximum atomic E-state index is 5.64. The van der Waals surface area contributed by atoms with E-state index >= 15 is 0 Å². The van der Waals surface area contributed by atoms with E-state index in [0.717, 1.165) is 61.9 Å². The van der Waals surface area contributed by atoms with Gasteiger partial charge < -0.3 is 15.1 Å². The molecule has 3 aromatic rings. The maximum Gasteiger partial charge on any atom is 0.226 e. The Morgan fingerprint density at radius 1 is 1.13 bits per heavy atom. The van der Waals surface area contributed by atoms with E-state index in [0.29, 0.717) is 5.89 Å². The van der Waals surface area contributed by atoms with Crippen molar-refractivity contribution in [2.75, 3.05) is 19.6 Å². The average molecular weight is 409 g/mol. The summed E-state index contributed by atoms with van der Waals surface area (Å²) in [5.41, 5.74) is 5.40. The molecule has 0 bridgehead atoms. The summed E-state index contributed by atoms with van der Waals surface area (Å²) >= 11 is 0. The van der Waals surface area contributed by atoms with E-state index in [1.165, 1.54) is 11.3 Å². The molecule has 0 aliphatic carbocycles.